The van der Waals surface area contributed by atoms with Crippen molar-refractivity contribution in [1.29, 1.82) is 0 Å². The third-order valence-electron chi connectivity index (χ3n) is 7.12. The predicted molar refractivity (Wildman–Crippen MR) is 109 cm³/mol. The highest BCUT2D eigenvalue weighted by Gasteiger charge is 2.59. The second-order valence-electron chi connectivity index (χ2n) is 9.02. The van der Waals surface area contributed by atoms with Crippen molar-refractivity contribution in [2.45, 2.75) is 44.4 Å². The van der Waals surface area contributed by atoms with Gasteiger partial charge in [0.15, 0.2) is 0 Å². The van der Waals surface area contributed by atoms with Gasteiger partial charge >= 0.3 is 0 Å². The zero-order chi connectivity index (χ0) is 18.0. The molecular formula is C26H26. The summed E-state index contributed by atoms with van der Waals surface area (Å²) >= 11 is 0. The quantitative estimate of drug-likeness (QED) is 0.477. The van der Waals surface area contributed by atoms with E-state index in [2.05, 4.69) is 99.6 Å². The van der Waals surface area contributed by atoms with E-state index < -0.39 is 0 Å². The molecule has 0 heterocycles. The summed E-state index contributed by atoms with van der Waals surface area (Å²) in [4.78, 5) is 0. The lowest BCUT2D eigenvalue weighted by atomic mass is 9.42. The van der Waals surface area contributed by atoms with Gasteiger partial charge < -0.3 is 0 Å². The van der Waals surface area contributed by atoms with Crippen molar-refractivity contribution in [3.63, 3.8) is 0 Å². The molecule has 0 N–H and O–H groups in total. The molecule has 3 aliphatic carbocycles. The molecule has 3 aliphatic rings. The minimum atomic E-state index is -0.0125. The maximum atomic E-state index is 2.42. The lowest BCUT2D eigenvalue weighted by molar-refractivity contribution is 0.164. The van der Waals surface area contributed by atoms with E-state index in [0.29, 0.717) is 0 Å². The summed E-state index contributed by atoms with van der Waals surface area (Å²) in [5, 5.41) is 0. The molecule has 0 aromatic heterocycles. The van der Waals surface area contributed by atoms with E-state index in [1.54, 1.807) is 11.1 Å². The van der Waals surface area contributed by atoms with E-state index in [0.717, 1.165) is 0 Å². The Labute approximate surface area is 156 Å². The van der Waals surface area contributed by atoms with Gasteiger partial charge in [-0.3, -0.25) is 0 Å². The molecule has 3 aromatic carbocycles. The average Bonchev–Trinajstić information content (AvgIpc) is 2.68. The molecule has 0 aliphatic heterocycles. The van der Waals surface area contributed by atoms with E-state index in [1.165, 1.54) is 29.5 Å². The first-order chi connectivity index (χ1) is 12.5. The van der Waals surface area contributed by atoms with E-state index in [4.69, 9.17) is 0 Å². The maximum Gasteiger partial charge on any atom is 0.0457 e. The minimum Gasteiger partial charge on any atom is -0.0622 e. The van der Waals surface area contributed by atoms with Gasteiger partial charge in [-0.1, -0.05) is 99.6 Å². The third kappa shape index (κ3) is 1.70. The van der Waals surface area contributed by atoms with Gasteiger partial charge in [0.1, 0.15) is 0 Å². The number of rotatable bonds is 1. The fourth-order valence-corrected chi connectivity index (χ4v) is 6.02. The van der Waals surface area contributed by atoms with Crippen LogP contribution >= 0.6 is 0 Å². The van der Waals surface area contributed by atoms with Crippen LogP contribution in [0.1, 0.15) is 61.4 Å². The first kappa shape index (κ1) is 15.9. The molecule has 2 bridgehead atoms. The summed E-state index contributed by atoms with van der Waals surface area (Å²) in [6, 6.07) is 29.6. The van der Waals surface area contributed by atoms with Crippen molar-refractivity contribution in [3.8, 4) is 0 Å². The largest absolute Gasteiger partial charge is 0.0622 e. The van der Waals surface area contributed by atoms with Crippen LogP contribution in [0, 0.1) is 5.41 Å². The van der Waals surface area contributed by atoms with Crippen LogP contribution in [-0.4, -0.2) is 0 Å². The molecule has 0 radical (unpaired) electrons. The smallest absolute Gasteiger partial charge is 0.0457 e. The molecule has 0 saturated heterocycles. The normalized spacial score (nSPS) is 26.3. The van der Waals surface area contributed by atoms with Crippen molar-refractivity contribution < 1.29 is 0 Å². The highest BCUT2D eigenvalue weighted by molar-refractivity contribution is 5.67. The summed E-state index contributed by atoms with van der Waals surface area (Å²) in [6.45, 7) is 7.25. The van der Waals surface area contributed by atoms with Crippen LogP contribution in [0.5, 0.6) is 0 Å². The fraction of sp³-hybridized carbons (Fsp3) is 0.308. The number of fused-ring (bicyclic) bond motifs is 1. The van der Waals surface area contributed by atoms with Crippen LogP contribution in [0.3, 0.4) is 0 Å². The van der Waals surface area contributed by atoms with Gasteiger partial charge in [-0.25, -0.2) is 0 Å². The highest BCUT2D eigenvalue weighted by atomic mass is 14.6. The molecule has 130 valence electrons. The lowest BCUT2D eigenvalue weighted by Crippen LogP contribution is -2.55. The molecule has 6 rings (SSSR count). The Morgan fingerprint density at radius 1 is 0.577 bits per heavy atom. The SMILES string of the molecule is CC(C)(C)C12CCC(c3ccccc3)(c3ccccc31)c1ccccc12. The second kappa shape index (κ2) is 5.10. The van der Waals surface area contributed by atoms with Crippen LogP contribution in [-0.2, 0) is 10.8 Å². The van der Waals surface area contributed by atoms with E-state index >= 15 is 0 Å². The Balaban J connectivity index is 1.96. The van der Waals surface area contributed by atoms with Gasteiger partial charge in [-0.15, -0.1) is 0 Å². The summed E-state index contributed by atoms with van der Waals surface area (Å²) in [7, 11) is 0. The van der Waals surface area contributed by atoms with Gasteiger partial charge in [0.2, 0.25) is 0 Å². The van der Waals surface area contributed by atoms with E-state index in [-0.39, 0.29) is 16.2 Å². The predicted octanol–water partition coefficient (Wildman–Crippen LogP) is 6.46. The van der Waals surface area contributed by atoms with Crippen LogP contribution in [0.2, 0.25) is 0 Å². The van der Waals surface area contributed by atoms with Gasteiger partial charge in [0.05, 0.1) is 0 Å². The number of hydrogen-bond acceptors (Lipinski definition) is 0. The van der Waals surface area contributed by atoms with Gasteiger partial charge in [0, 0.05) is 10.8 Å². The molecule has 0 saturated carbocycles. The second-order valence-corrected chi connectivity index (χ2v) is 9.02. The van der Waals surface area contributed by atoms with Crippen LogP contribution in [0.4, 0.5) is 0 Å². The Morgan fingerprint density at radius 2 is 1.04 bits per heavy atom. The number of benzene rings is 3. The first-order valence-electron chi connectivity index (χ1n) is 9.77. The van der Waals surface area contributed by atoms with Crippen LogP contribution in [0.25, 0.3) is 0 Å². The highest BCUT2D eigenvalue weighted by Crippen LogP contribution is 2.66. The van der Waals surface area contributed by atoms with Crippen molar-refractivity contribution >= 4 is 0 Å². The average molecular weight is 338 g/mol. The van der Waals surface area contributed by atoms with Crippen molar-refractivity contribution in [1.82, 2.24) is 0 Å². The summed E-state index contributed by atoms with van der Waals surface area (Å²) in [5.41, 5.74) is 7.81. The Morgan fingerprint density at radius 3 is 1.54 bits per heavy atom. The Kier molecular flexibility index (Phi) is 3.11. The monoisotopic (exact) mass is 338 g/mol. The zero-order valence-corrected chi connectivity index (χ0v) is 15.9. The lowest BCUT2D eigenvalue weighted by Gasteiger charge is -2.60. The topological polar surface area (TPSA) is 0 Å². The zero-order valence-electron chi connectivity index (χ0n) is 15.9. The molecule has 0 fully saturated rings. The molecule has 0 nitrogen and oxygen atoms in total. The van der Waals surface area contributed by atoms with E-state index in [9.17, 15) is 0 Å². The third-order valence-corrected chi connectivity index (χ3v) is 7.12. The van der Waals surface area contributed by atoms with Crippen molar-refractivity contribution in [2.75, 3.05) is 0 Å². The Bertz CT molecular complexity index is 925. The minimum absolute atomic E-state index is 0.0125. The van der Waals surface area contributed by atoms with Gasteiger partial charge in [-0.2, -0.15) is 0 Å². The van der Waals surface area contributed by atoms with Crippen molar-refractivity contribution in [3.05, 3.63) is 107 Å². The molecule has 26 heavy (non-hydrogen) atoms. The van der Waals surface area contributed by atoms with Gasteiger partial charge in [0.25, 0.3) is 0 Å². The summed E-state index contributed by atoms with van der Waals surface area (Å²) in [5.74, 6) is 0. The number of hydrogen-bond donors (Lipinski definition) is 0. The molecule has 0 spiro atoms. The van der Waals surface area contributed by atoms with Crippen LogP contribution in [0.15, 0.2) is 78.9 Å². The molecule has 0 unspecified atom stereocenters. The first-order valence-corrected chi connectivity index (χ1v) is 9.77. The molecule has 0 amide bonds. The summed E-state index contributed by atoms with van der Waals surface area (Å²) in [6.07, 6.45) is 2.39. The van der Waals surface area contributed by atoms with Gasteiger partial charge in [-0.05, 0) is 46.1 Å². The van der Waals surface area contributed by atoms with Crippen LogP contribution < -0.4 is 0 Å². The fourth-order valence-electron chi connectivity index (χ4n) is 6.02. The molecule has 3 aromatic rings. The van der Waals surface area contributed by atoms with Crippen molar-refractivity contribution in [2.24, 2.45) is 5.41 Å². The molecular weight excluding hydrogens is 312 g/mol. The van der Waals surface area contributed by atoms with E-state index in [1.807, 2.05) is 0 Å². The Hall–Kier alpha value is -2.34. The molecule has 0 heteroatoms. The summed E-state index contributed by atoms with van der Waals surface area (Å²) < 4.78 is 0. The molecule has 0 atom stereocenters. The standard InChI is InChI=1S/C26H26/c1-24(2,3)26-18-17-25(19-11-5-4-6-12-19,20-13-7-9-15-22(20)26)21-14-8-10-16-23(21)26/h4-16H,17-18H2,1-3H3. The maximum absolute atomic E-state index is 2.42.